The van der Waals surface area contributed by atoms with Gasteiger partial charge in [0, 0.05) is 28.0 Å². The van der Waals surface area contributed by atoms with Gasteiger partial charge in [-0.05, 0) is 48.8 Å². The fraction of sp³-hybridized carbons (Fsp3) is 0.118. The molecule has 1 aromatic carbocycles. The number of halogens is 1. The van der Waals surface area contributed by atoms with Gasteiger partial charge in [-0.25, -0.2) is 4.98 Å². The molecule has 0 aliphatic rings. The van der Waals surface area contributed by atoms with Crippen LogP contribution in [-0.2, 0) is 5.75 Å². The quantitative estimate of drug-likeness (QED) is 0.525. The monoisotopic (exact) mass is 404 g/mol. The summed E-state index contributed by atoms with van der Waals surface area (Å²) in [5.74, 6) is 0.717. The molecular formula is C17H13ClN4S3. The molecule has 2 aromatic heterocycles. The van der Waals surface area contributed by atoms with Crippen LogP contribution in [0.2, 0.25) is 5.02 Å². The van der Waals surface area contributed by atoms with Gasteiger partial charge in [-0.1, -0.05) is 23.4 Å². The number of nitrogens with one attached hydrogen (secondary N) is 1. The molecule has 2 heterocycles. The van der Waals surface area contributed by atoms with Gasteiger partial charge >= 0.3 is 0 Å². The van der Waals surface area contributed by atoms with Crippen molar-refractivity contribution in [2.45, 2.75) is 17.7 Å². The van der Waals surface area contributed by atoms with Gasteiger partial charge < -0.3 is 5.32 Å². The number of rotatable bonds is 6. The predicted octanol–water partition coefficient (Wildman–Crippen LogP) is 5.81. The summed E-state index contributed by atoms with van der Waals surface area (Å²) in [6, 6.07) is 9.67. The Morgan fingerprint density at radius 2 is 2.16 bits per heavy atom. The first-order chi connectivity index (χ1) is 12.2. The van der Waals surface area contributed by atoms with Crippen LogP contribution < -0.4 is 5.32 Å². The average Bonchev–Trinajstić information content (AvgIpc) is 3.20. The largest absolute Gasteiger partial charge is 0.362 e. The maximum atomic E-state index is 9.46. The number of aryl methyl sites for hydroxylation is 1. The van der Waals surface area contributed by atoms with E-state index in [1.54, 1.807) is 29.3 Å². The highest BCUT2D eigenvalue weighted by Gasteiger charge is 2.13. The summed E-state index contributed by atoms with van der Waals surface area (Å²) in [7, 11) is 0. The van der Waals surface area contributed by atoms with E-state index in [1.807, 2.05) is 42.6 Å². The minimum atomic E-state index is 0.608. The highest BCUT2D eigenvalue weighted by atomic mass is 35.5. The van der Waals surface area contributed by atoms with E-state index >= 15 is 0 Å². The van der Waals surface area contributed by atoms with Gasteiger partial charge in [0.25, 0.3) is 0 Å². The van der Waals surface area contributed by atoms with Crippen molar-refractivity contribution in [1.29, 1.82) is 5.26 Å². The van der Waals surface area contributed by atoms with Crippen molar-refractivity contribution in [3.8, 4) is 6.07 Å². The SMILES string of the molecule is Cc1nc(CSc2nsc(/C=C/Nc3ccc(Cl)cc3)c2C#N)cs1. The fourth-order valence-electron chi connectivity index (χ4n) is 1.98. The first-order valence-electron chi connectivity index (χ1n) is 7.28. The van der Waals surface area contributed by atoms with Crippen LogP contribution in [0.5, 0.6) is 0 Å². The van der Waals surface area contributed by atoms with Crippen LogP contribution in [0.25, 0.3) is 6.08 Å². The number of hydrogen-bond donors (Lipinski definition) is 1. The first kappa shape index (κ1) is 18.0. The molecule has 3 aromatic rings. The number of benzene rings is 1. The second-order valence-electron chi connectivity index (χ2n) is 4.97. The number of anilines is 1. The third-order valence-electron chi connectivity index (χ3n) is 3.15. The Morgan fingerprint density at radius 1 is 1.36 bits per heavy atom. The number of hydrogen-bond acceptors (Lipinski definition) is 7. The molecule has 0 aliphatic carbocycles. The molecule has 25 heavy (non-hydrogen) atoms. The van der Waals surface area contributed by atoms with Gasteiger partial charge in [-0.3, -0.25) is 0 Å². The molecule has 126 valence electrons. The molecule has 0 aliphatic heterocycles. The summed E-state index contributed by atoms with van der Waals surface area (Å²) in [6.07, 6.45) is 3.66. The number of thioether (sulfide) groups is 1. The van der Waals surface area contributed by atoms with Crippen molar-refractivity contribution in [1.82, 2.24) is 9.36 Å². The summed E-state index contributed by atoms with van der Waals surface area (Å²) < 4.78 is 4.41. The molecule has 0 unspecified atom stereocenters. The van der Waals surface area contributed by atoms with Crippen LogP contribution in [0.4, 0.5) is 5.69 Å². The van der Waals surface area contributed by atoms with Crippen molar-refractivity contribution >= 4 is 58.0 Å². The van der Waals surface area contributed by atoms with Gasteiger partial charge in [0.15, 0.2) is 0 Å². The number of thiazole rings is 1. The van der Waals surface area contributed by atoms with Crippen LogP contribution in [-0.4, -0.2) is 9.36 Å². The zero-order chi connectivity index (χ0) is 17.6. The van der Waals surface area contributed by atoms with Gasteiger partial charge in [-0.15, -0.1) is 11.3 Å². The Kier molecular flexibility index (Phi) is 6.10. The molecule has 0 spiro atoms. The molecule has 0 radical (unpaired) electrons. The second kappa shape index (κ2) is 8.50. The van der Waals surface area contributed by atoms with E-state index in [0.717, 1.165) is 32.0 Å². The van der Waals surface area contributed by atoms with E-state index in [1.165, 1.54) is 11.5 Å². The van der Waals surface area contributed by atoms with E-state index in [9.17, 15) is 5.26 Å². The third kappa shape index (κ3) is 4.83. The molecule has 4 nitrogen and oxygen atoms in total. The smallest absolute Gasteiger partial charge is 0.129 e. The lowest BCUT2D eigenvalue weighted by Crippen LogP contribution is -1.86. The molecule has 1 N–H and O–H groups in total. The van der Waals surface area contributed by atoms with Crippen molar-refractivity contribution in [2.24, 2.45) is 0 Å². The lowest BCUT2D eigenvalue weighted by atomic mass is 10.3. The molecule has 0 amide bonds. The van der Waals surface area contributed by atoms with Crippen molar-refractivity contribution in [3.63, 3.8) is 0 Å². The lowest BCUT2D eigenvalue weighted by molar-refractivity contribution is 1.17. The number of aromatic nitrogens is 2. The normalized spacial score (nSPS) is 10.9. The summed E-state index contributed by atoms with van der Waals surface area (Å²) in [5.41, 5.74) is 2.55. The first-order valence-corrected chi connectivity index (χ1v) is 10.3. The molecule has 0 bridgehead atoms. The molecule has 0 saturated heterocycles. The molecular weight excluding hydrogens is 392 g/mol. The van der Waals surface area contributed by atoms with Crippen molar-refractivity contribution in [3.05, 3.63) is 62.0 Å². The topological polar surface area (TPSA) is 61.6 Å². The number of nitriles is 1. The average molecular weight is 405 g/mol. The highest BCUT2D eigenvalue weighted by molar-refractivity contribution is 7.98. The fourth-order valence-corrected chi connectivity index (χ4v) is 4.58. The van der Waals surface area contributed by atoms with Crippen molar-refractivity contribution in [2.75, 3.05) is 5.32 Å². The van der Waals surface area contributed by atoms with Gasteiger partial charge in [0.1, 0.15) is 16.7 Å². The molecule has 3 rings (SSSR count). The molecule has 0 saturated carbocycles. The minimum Gasteiger partial charge on any atom is -0.362 e. The second-order valence-corrected chi connectivity index (χ2v) is 8.24. The van der Waals surface area contributed by atoms with Crippen LogP contribution in [0.1, 0.15) is 21.1 Å². The van der Waals surface area contributed by atoms with Crippen LogP contribution in [0, 0.1) is 18.3 Å². The van der Waals surface area contributed by atoms with E-state index < -0.39 is 0 Å². The van der Waals surface area contributed by atoms with Gasteiger partial charge in [0.2, 0.25) is 0 Å². The zero-order valence-electron chi connectivity index (χ0n) is 13.2. The Hall–Kier alpha value is -1.85. The Bertz CT molecular complexity index is 922. The Balaban J connectivity index is 1.65. The zero-order valence-corrected chi connectivity index (χ0v) is 16.4. The van der Waals surface area contributed by atoms with E-state index in [2.05, 4.69) is 20.7 Å². The Labute approximate surface area is 163 Å². The van der Waals surface area contributed by atoms with Crippen LogP contribution in [0.15, 0.2) is 40.9 Å². The van der Waals surface area contributed by atoms with E-state index in [-0.39, 0.29) is 0 Å². The lowest BCUT2D eigenvalue weighted by Gasteiger charge is -1.99. The summed E-state index contributed by atoms with van der Waals surface area (Å²) in [4.78, 5) is 5.27. The predicted molar refractivity (Wildman–Crippen MR) is 107 cm³/mol. The molecule has 0 fully saturated rings. The van der Waals surface area contributed by atoms with E-state index in [0.29, 0.717) is 10.6 Å². The van der Waals surface area contributed by atoms with Gasteiger partial charge in [0.05, 0.1) is 15.6 Å². The maximum Gasteiger partial charge on any atom is 0.129 e. The highest BCUT2D eigenvalue weighted by Crippen LogP contribution is 2.30. The van der Waals surface area contributed by atoms with Gasteiger partial charge in [-0.2, -0.15) is 9.64 Å². The molecule has 8 heteroatoms. The Morgan fingerprint density at radius 3 is 2.84 bits per heavy atom. The summed E-state index contributed by atoms with van der Waals surface area (Å²) >= 11 is 10.4. The summed E-state index contributed by atoms with van der Waals surface area (Å²) in [6.45, 7) is 1.99. The summed E-state index contributed by atoms with van der Waals surface area (Å²) in [5, 5.41) is 17.1. The molecule has 0 atom stereocenters. The van der Waals surface area contributed by atoms with Crippen molar-refractivity contribution < 1.29 is 0 Å². The number of nitrogens with zero attached hydrogens (tertiary/aromatic N) is 3. The third-order valence-corrected chi connectivity index (χ3v) is 6.16. The minimum absolute atomic E-state index is 0.608. The standard InChI is InChI=1S/C17H13ClN4S3/c1-11-21-14(9-23-11)10-24-17-15(8-19)16(25-22-17)6-7-20-13-4-2-12(18)3-5-13/h2-7,9,20H,10H2,1H3/b7-6+. The van der Waals surface area contributed by atoms with Crippen LogP contribution >= 0.6 is 46.2 Å². The van der Waals surface area contributed by atoms with Crippen LogP contribution in [0.3, 0.4) is 0 Å². The van der Waals surface area contributed by atoms with E-state index in [4.69, 9.17) is 11.6 Å². The maximum absolute atomic E-state index is 9.46.